The topological polar surface area (TPSA) is 49.6 Å². The van der Waals surface area contributed by atoms with Gasteiger partial charge in [0.1, 0.15) is 11.3 Å². The summed E-state index contributed by atoms with van der Waals surface area (Å²) in [6.07, 6.45) is 0. The summed E-state index contributed by atoms with van der Waals surface area (Å²) in [6, 6.07) is 0.746. The lowest BCUT2D eigenvalue weighted by Crippen LogP contribution is -2.55. The van der Waals surface area contributed by atoms with Crippen molar-refractivity contribution in [3.63, 3.8) is 0 Å². The number of amides is 1. The molecule has 1 amide bonds. The van der Waals surface area contributed by atoms with Crippen LogP contribution in [0.4, 0.5) is 0 Å². The molecular formula is C14H23N3O2. The van der Waals surface area contributed by atoms with Crippen molar-refractivity contribution in [2.75, 3.05) is 19.6 Å². The van der Waals surface area contributed by atoms with E-state index in [2.05, 4.69) is 30.8 Å². The van der Waals surface area contributed by atoms with Gasteiger partial charge in [0.15, 0.2) is 0 Å². The Kier molecular flexibility index (Phi) is 3.94. The number of piperazine rings is 1. The second-order valence-electron chi connectivity index (χ2n) is 5.64. The van der Waals surface area contributed by atoms with Gasteiger partial charge in [-0.05, 0) is 34.6 Å². The molecule has 1 saturated heterocycles. The van der Waals surface area contributed by atoms with Gasteiger partial charge in [-0.2, -0.15) is 0 Å². The molecule has 1 aliphatic heterocycles. The van der Waals surface area contributed by atoms with Gasteiger partial charge >= 0.3 is 0 Å². The van der Waals surface area contributed by atoms with Gasteiger partial charge in [-0.25, -0.2) is 0 Å². The zero-order chi connectivity index (χ0) is 14.2. The molecule has 1 aliphatic rings. The van der Waals surface area contributed by atoms with Gasteiger partial charge in [0.05, 0.1) is 5.69 Å². The quantitative estimate of drug-likeness (QED) is 0.819. The maximum atomic E-state index is 12.6. The fraction of sp³-hybridized carbons (Fsp3) is 0.714. The normalized spacial score (nSPS) is 21.2. The van der Waals surface area contributed by atoms with Gasteiger partial charge in [-0.1, -0.05) is 5.16 Å². The Hall–Kier alpha value is -1.36. The van der Waals surface area contributed by atoms with Crippen LogP contribution in [0.1, 0.15) is 42.6 Å². The van der Waals surface area contributed by atoms with E-state index in [1.165, 1.54) is 0 Å². The van der Waals surface area contributed by atoms with Crippen LogP contribution in [0, 0.1) is 13.8 Å². The van der Waals surface area contributed by atoms with E-state index >= 15 is 0 Å². The zero-order valence-electron chi connectivity index (χ0n) is 12.4. The summed E-state index contributed by atoms with van der Waals surface area (Å²) in [5.74, 6) is 0.660. The van der Waals surface area contributed by atoms with Crippen molar-refractivity contribution in [3.8, 4) is 0 Å². The zero-order valence-corrected chi connectivity index (χ0v) is 12.4. The Balaban J connectivity index is 2.13. The van der Waals surface area contributed by atoms with Gasteiger partial charge in [0, 0.05) is 31.7 Å². The first kappa shape index (κ1) is 14.1. The van der Waals surface area contributed by atoms with E-state index in [9.17, 15) is 4.79 Å². The van der Waals surface area contributed by atoms with E-state index in [1.807, 2.05) is 11.8 Å². The third-order valence-corrected chi connectivity index (χ3v) is 3.90. The molecule has 2 rings (SSSR count). The summed E-state index contributed by atoms with van der Waals surface area (Å²) in [5, 5.41) is 3.87. The summed E-state index contributed by atoms with van der Waals surface area (Å²) in [7, 11) is 0. The lowest BCUT2D eigenvalue weighted by atomic mass is 10.1. The SMILES string of the molecule is Cc1noc(C)c1C(=O)N1CCN(C(C)C)CC1C. The third kappa shape index (κ3) is 2.66. The Bertz CT molecular complexity index is 448. The number of nitrogens with zero attached hydrogens (tertiary/aromatic N) is 3. The van der Waals surface area contributed by atoms with Crippen LogP contribution in [0.5, 0.6) is 0 Å². The Morgan fingerprint density at radius 3 is 2.53 bits per heavy atom. The number of carbonyl (C=O) groups excluding carboxylic acids is 1. The van der Waals surface area contributed by atoms with Crippen LogP contribution in [0.25, 0.3) is 0 Å². The number of rotatable bonds is 2. The molecule has 1 fully saturated rings. The molecule has 0 aromatic carbocycles. The van der Waals surface area contributed by atoms with Crippen molar-refractivity contribution in [2.45, 2.75) is 46.7 Å². The molecule has 1 aromatic rings. The Morgan fingerprint density at radius 1 is 1.37 bits per heavy atom. The Labute approximate surface area is 114 Å². The maximum Gasteiger partial charge on any atom is 0.259 e. The second-order valence-corrected chi connectivity index (χ2v) is 5.64. The van der Waals surface area contributed by atoms with Crippen LogP contribution in [0.2, 0.25) is 0 Å². The highest BCUT2D eigenvalue weighted by atomic mass is 16.5. The molecule has 0 spiro atoms. The van der Waals surface area contributed by atoms with E-state index in [0.717, 1.165) is 19.6 Å². The predicted molar refractivity (Wildman–Crippen MR) is 73.2 cm³/mol. The molecule has 0 saturated carbocycles. The number of aryl methyl sites for hydroxylation is 2. The fourth-order valence-electron chi connectivity index (χ4n) is 2.69. The molecular weight excluding hydrogens is 242 g/mol. The molecule has 0 N–H and O–H groups in total. The van der Waals surface area contributed by atoms with Crippen molar-refractivity contribution < 1.29 is 9.32 Å². The highest BCUT2D eigenvalue weighted by Gasteiger charge is 2.31. The monoisotopic (exact) mass is 265 g/mol. The molecule has 5 nitrogen and oxygen atoms in total. The fourth-order valence-corrected chi connectivity index (χ4v) is 2.69. The molecule has 0 aliphatic carbocycles. The number of hydrogen-bond donors (Lipinski definition) is 0. The minimum atomic E-state index is 0.0483. The van der Waals surface area contributed by atoms with Crippen LogP contribution < -0.4 is 0 Å². The summed E-state index contributed by atoms with van der Waals surface area (Å²) in [5.41, 5.74) is 1.31. The van der Waals surface area contributed by atoms with Crippen LogP contribution >= 0.6 is 0 Å². The van der Waals surface area contributed by atoms with E-state index < -0.39 is 0 Å². The van der Waals surface area contributed by atoms with E-state index in [0.29, 0.717) is 23.1 Å². The predicted octanol–water partition coefficient (Wildman–Crippen LogP) is 1.85. The summed E-state index contributed by atoms with van der Waals surface area (Å²) < 4.78 is 5.09. The average Bonchev–Trinajstić information content (AvgIpc) is 2.68. The van der Waals surface area contributed by atoms with Crippen molar-refractivity contribution in [3.05, 3.63) is 17.0 Å². The van der Waals surface area contributed by atoms with Crippen LogP contribution in [-0.4, -0.2) is 52.6 Å². The standard InChI is InChI=1S/C14H23N3O2/c1-9(2)16-6-7-17(10(3)8-16)14(18)13-11(4)15-19-12(13)5/h9-10H,6-8H2,1-5H3. The maximum absolute atomic E-state index is 12.6. The summed E-state index contributed by atoms with van der Waals surface area (Å²) in [6.45, 7) is 12.7. The molecule has 106 valence electrons. The molecule has 1 unspecified atom stereocenters. The third-order valence-electron chi connectivity index (χ3n) is 3.90. The molecule has 2 heterocycles. The minimum absolute atomic E-state index is 0.0483. The average molecular weight is 265 g/mol. The molecule has 19 heavy (non-hydrogen) atoms. The van der Waals surface area contributed by atoms with Crippen molar-refractivity contribution in [1.82, 2.24) is 15.0 Å². The Morgan fingerprint density at radius 2 is 2.05 bits per heavy atom. The van der Waals surface area contributed by atoms with Gasteiger partial charge in [-0.15, -0.1) is 0 Å². The van der Waals surface area contributed by atoms with Crippen LogP contribution in [-0.2, 0) is 0 Å². The highest BCUT2D eigenvalue weighted by Crippen LogP contribution is 2.19. The lowest BCUT2D eigenvalue weighted by Gasteiger charge is -2.41. The van der Waals surface area contributed by atoms with Crippen LogP contribution in [0.15, 0.2) is 4.52 Å². The summed E-state index contributed by atoms with van der Waals surface area (Å²) >= 11 is 0. The number of carbonyl (C=O) groups is 1. The van der Waals surface area contributed by atoms with Crippen LogP contribution in [0.3, 0.4) is 0 Å². The minimum Gasteiger partial charge on any atom is -0.361 e. The van der Waals surface area contributed by atoms with Gasteiger partial charge in [0.25, 0.3) is 5.91 Å². The largest absolute Gasteiger partial charge is 0.361 e. The number of aromatic nitrogens is 1. The smallest absolute Gasteiger partial charge is 0.259 e. The second kappa shape index (κ2) is 5.33. The van der Waals surface area contributed by atoms with E-state index in [1.54, 1.807) is 6.92 Å². The molecule has 5 heteroatoms. The lowest BCUT2D eigenvalue weighted by molar-refractivity contribution is 0.0424. The first-order chi connectivity index (χ1) is 8.91. The molecule has 1 aromatic heterocycles. The number of hydrogen-bond acceptors (Lipinski definition) is 4. The van der Waals surface area contributed by atoms with E-state index in [-0.39, 0.29) is 11.9 Å². The van der Waals surface area contributed by atoms with Gasteiger partial charge in [-0.3, -0.25) is 9.69 Å². The van der Waals surface area contributed by atoms with E-state index in [4.69, 9.17) is 4.52 Å². The first-order valence-corrected chi connectivity index (χ1v) is 6.89. The molecule has 0 bridgehead atoms. The van der Waals surface area contributed by atoms with Gasteiger partial charge < -0.3 is 9.42 Å². The van der Waals surface area contributed by atoms with Crippen molar-refractivity contribution in [2.24, 2.45) is 0 Å². The summed E-state index contributed by atoms with van der Waals surface area (Å²) in [4.78, 5) is 16.9. The highest BCUT2D eigenvalue weighted by molar-refractivity contribution is 5.96. The first-order valence-electron chi connectivity index (χ1n) is 6.89. The van der Waals surface area contributed by atoms with Crippen molar-refractivity contribution in [1.29, 1.82) is 0 Å². The van der Waals surface area contributed by atoms with Crippen molar-refractivity contribution >= 4 is 5.91 Å². The van der Waals surface area contributed by atoms with Gasteiger partial charge in [0.2, 0.25) is 0 Å². The molecule has 1 atom stereocenters. The molecule has 0 radical (unpaired) electrons.